The third-order valence-corrected chi connectivity index (χ3v) is 4.86. The number of nitrogens with two attached hydrogens (primary N) is 1. The van der Waals surface area contributed by atoms with Crippen LogP contribution in [-0.2, 0) is 4.79 Å². The van der Waals surface area contributed by atoms with Gasteiger partial charge in [0.15, 0.2) is 5.17 Å². The molecule has 2 aromatic carbocycles. The number of rotatable bonds is 4. The average Bonchev–Trinajstić information content (AvgIpc) is 3.25. The van der Waals surface area contributed by atoms with Gasteiger partial charge in [-0.3, -0.25) is 4.79 Å². The molecule has 1 aromatic heterocycles. The van der Waals surface area contributed by atoms with Crippen molar-refractivity contribution in [3.63, 3.8) is 0 Å². The molecular weight excluding hydrogens is 360 g/mol. The number of hydrogen-bond donors (Lipinski definition) is 1. The summed E-state index contributed by atoms with van der Waals surface area (Å²) >= 11 is 1.17. The fraction of sp³-hybridized carbons (Fsp3) is 0.0500. The predicted octanol–water partition coefficient (Wildman–Crippen LogP) is 3.48. The van der Waals surface area contributed by atoms with Gasteiger partial charge in [0.25, 0.3) is 5.91 Å². The summed E-state index contributed by atoms with van der Waals surface area (Å²) in [6.45, 7) is 0. The van der Waals surface area contributed by atoms with Gasteiger partial charge in [0.2, 0.25) is 0 Å². The summed E-state index contributed by atoms with van der Waals surface area (Å²) in [6.07, 6.45) is 3.67. The topological polar surface area (TPSA) is 82.5 Å². The lowest BCUT2D eigenvalue weighted by Gasteiger charge is -2.03. The van der Waals surface area contributed by atoms with Crippen molar-refractivity contribution in [2.75, 3.05) is 7.11 Å². The van der Waals surface area contributed by atoms with Crippen LogP contribution in [0.3, 0.4) is 0 Å². The zero-order valence-electron chi connectivity index (χ0n) is 14.5. The second-order valence-corrected chi connectivity index (χ2v) is 6.87. The van der Waals surface area contributed by atoms with Gasteiger partial charge < -0.3 is 10.5 Å². The van der Waals surface area contributed by atoms with Crippen molar-refractivity contribution in [3.8, 4) is 22.7 Å². The van der Waals surface area contributed by atoms with Crippen LogP contribution in [0.25, 0.3) is 23.0 Å². The second-order valence-electron chi connectivity index (χ2n) is 5.81. The molecule has 27 heavy (non-hydrogen) atoms. The van der Waals surface area contributed by atoms with Gasteiger partial charge in [-0.15, -0.1) is 0 Å². The second kappa shape index (κ2) is 7.13. The lowest BCUT2D eigenvalue weighted by Crippen LogP contribution is -2.01. The quantitative estimate of drug-likeness (QED) is 0.705. The van der Waals surface area contributed by atoms with Crippen LogP contribution >= 0.6 is 11.8 Å². The molecule has 3 aromatic rings. The van der Waals surface area contributed by atoms with Crippen LogP contribution in [-0.4, -0.2) is 28.0 Å². The number of ether oxygens (including phenoxy) is 1. The number of aromatic nitrogens is 2. The van der Waals surface area contributed by atoms with E-state index in [2.05, 4.69) is 4.99 Å². The number of methoxy groups -OCH3 is 1. The summed E-state index contributed by atoms with van der Waals surface area (Å²) in [4.78, 5) is 16.2. The molecule has 0 fully saturated rings. The highest BCUT2D eigenvalue weighted by Crippen LogP contribution is 2.31. The first-order valence-corrected chi connectivity index (χ1v) is 9.03. The van der Waals surface area contributed by atoms with E-state index >= 15 is 0 Å². The minimum Gasteiger partial charge on any atom is -0.497 e. The first-order chi connectivity index (χ1) is 13.1. The maximum atomic E-state index is 12.0. The maximum absolute atomic E-state index is 12.0. The molecule has 6 nitrogen and oxygen atoms in total. The number of thioether (sulfide) groups is 1. The molecule has 1 aliphatic heterocycles. The molecule has 4 rings (SSSR count). The molecule has 0 atom stereocenters. The Kier molecular flexibility index (Phi) is 4.52. The Bertz CT molecular complexity index is 1050. The SMILES string of the molecule is COc1ccc(-c2nn(-c3ccccc3)cc2C=C2SC(N)=NC2=O)cc1. The van der Waals surface area contributed by atoms with Gasteiger partial charge in [0, 0.05) is 17.3 Å². The number of hydrogen-bond acceptors (Lipinski definition) is 5. The summed E-state index contributed by atoms with van der Waals surface area (Å²) in [7, 11) is 1.63. The van der Waals surface area contributed by atoms with Gasteiger partial charge in [0.1, 0.15) is 5.75 Å². The molecule has 1 aliphatic rings. The first-order valence-electron chi connectivity index (χ1n) is 8.21. The smallest absolute Gasteiger partial charge is 0.286 e. The lowest BCUT2D eigenvalue weighted by molar-refractivity contribution is -0.113. The normalized spacial score (nSPS) is 15.2. The Morgan fingerprint density at radius 1 is 1.11 bits per heavy atom. The van der Waals surface area contributed by atoms with E-state index in [1.54, 1.807) is 17.9 Å². The Labute approximate surface area is 160 Å². The van der Waals surface area contributed by atoms with Crippen molar-refractivity contribution in [2.24, 2.45) is 10.7 Å². The van der Waals surface area contributed by atoms with Crippen molar-refractivity contribution in [2.45, 2.75) is 0 Å². The van der Waals surface area contributed by atoms with Crippen LogP contribution in [0.1, 0.15) is 5.56 Å². The highest BCUT2D eigenvalue weighted by atomic mass is 32.2. The highest BCUT2D eigenvalue weighted by Gasteiger charge is 2.21. The van der Waals surface area contributed by atoms with Crippen LogP contribution < -0.4 is 10.5 Å². The summed E-state index contributed by atoms with van der Waals surface area (Å²) in [5, 5.41) is 4.99. The molecule has 0 aliphatic carbocycles. The molecule has 2 heterocycles. The standard InChI is InChI=1S/C20H16N4O2S/c1-26-16-9-7-13(8-10-16)18-14(11-17-19(25)22-20(21)27-17)12-24(23-18)15-5-3-2-4-6-15/h2-12H,1H3,(H2,21,22,25). The molecule has 0 saturated heterocycles. The van der Waals surface area contributed by atoms with Gasteiger partial charge in [-0.25, -0.2) is 4.68 Å². The number of amides is 1. The molecule has 0 radical (unpaired) electrons. The molecule has 134 valence electrons. The maximum Gasteiger partial charge on any atom is 0.286 e. The van der Waals surface area contributed by atoms with Crippen molar-refractivity contribution in [1.82, 2.24) is 9.78 Å². The number of benzene rings is 2. The first kappa shape index (κ1) is 17.1. The zero-order chi connectivity index (χ0) is 18.8. The van der Waals surface area contributed by atoms with E-state index in [9.17, 15) is 4.79 Å². The monoisotopic (exact) mass is 376 g/mol. The van der Waals surface area contributed by atoms with Crippen LogP contribution in [0, 0.1) is 0 Å². The predicted molar refractivity (Wildman–Crippen MR) is 108 cm³/mol. The van der Waals surface area contributed by atoms with Crippen LogP contribution in [0.4, 0.5) is 0 Å². The van der Waals surface area contributed by atoms with E-state index in [-0.39, 0.29) is 11.1 Å². The lowest BCUT2D eigenvalue weighted by atomic mass is 10.1. The number of carbonyl (C=O) groups excluding carboxylic acids is 1. The van der Waals surface area contributed by atoms with Gasteiger partial charge >= 0.3 is 0 Å². The third-order valence-electron chi connectivity index (χ3n) is 4.05. The van der Waals surface area contributed by atoms with Crippen LogP contribution in [0.15, 0.2) is 70.7 Å². The minimum atomic E-state index is -0.328. The summed E-state index contributed by atoms with van der Waals surface area (Å²) < 4.78 is 7.02. The van der Waals surface area contributed by atoms with E-state index in [4.69, 9.17) is 15.6 Å². The summed E-state index contributed by atoms with van der Waals surface area (Å²) in [5.41, 5.74) is 9.08. The van der Waals surface area contributed by atoms with E-state index in [0.717, 1.165) is 28.3 Å². The molecule has 0 saturated carbocycles. The fourth-order valence-electron chi connectivity index (χ4n) is 2.75. The number of amidine groups is 1. The fourth-order valence-corrected chi connectivity index (χ4v) is 3.42. The van der Waals surface area contributed by atoms with E-state index in [1.807, 2.05) is 60.8 Å². The molecule has 0 bridgehead atoms. The van der Waals surface area contributed by atoms with Gasteiger partial charge in [0.05, 0.1) is 23.4 Å². The van der Waals surface area contributed by atoms with Crippen LogP contribution in [0.5, 0.6) is 5.75 Å². The van der Waals surface area contributed by atoms with Crippen molar-refractivity contribution in [1.29, 1.82) is 0 Å². The average molecular weight is 376 g/mol. The third kappa shape index (κ3) is 3.50. The zero-order valence-corrected chi connectivity index (χ0v) is 15.3. The molecule has 0 unspecified atom stereocenters. The Balaban J connectivity index is 1.81. The van der Waals surface area contributed by atoms with Gasteiger partial charge in [-0.2, -0.15) is 10.1 Å². The molecule has 1 amide bonds. The van der Waals surface area contributed by atoms with Crippen molar-refractivity contribution >= 4 is 28.9 Å². The molecule has 7 heteroatoms. The summed E-state index contributed by atoms with van der Waals surface area (Å²) in [6, 6.07) is 17.4. The van der Waals surface area contributed by atoms with E-state index in [0.29, 0.717) is 4.91 Å². The Morgan fingerprint density at radius 2 is 1.85 bits per heavy atom. The van der Waals surface area contributed by atoms with Crippen molar-refractivity contribution < 1.29 is 9.53 Å². The number of para-hydroxylation sites is 1. The molecular formula is C20H16N4O2S. The highest BCUT2D eigenvalue weighted by molar-refractivity contribution is 8.18. The number of nitrogens with zero attached hydrogens (tertiary/aromatic N) is 3. The van der Waals surface area contributed by atoms with Gasteiger partial charge in [-0.05, 0) is 54.2 Å². The minimum absolute atomic E-state index is 0.257. The largest absolute Gasteiger partial charge is 0.497 e. The molecule has 2 N–H and O–H groups in total. The number of carbonyl (C=O) groups is 1. The molecule has 0 spiro atoms. The number of aliphatic imine (C=N–C) groups is 1. The van der Waals surface area contributed by atoms with Crippen molar-refractivity contribution in [3.05, 3.63) is 71.3 Å². The van der Waals surface area contributed by atoms with Gasteiger partial charge in [-0.1, -0.05) is 18.2 Å². The van der Waals surface area contributed by atoms with E-state index < -0.39 is 0 Å². The Morgan fingerprint density at radius 3 is 2.48 bits per heavy atom. The summed E-state index contributed by atoms with van der Waals surface area (Å²) in [5.74, 6) is 0.439. The van der Waals surface area contributed by atoms with Crippen LogP contribution in [0.2, 0.25) is 0 Å². The van der Waals surface area contributed by atoms with E-state index in [1.165, 1.54) is 11.8 Å². The Hall–Kier alpha value is -3.32.